The monoisotopic (exact) mass is 715 g/mol. The molecule has 51 heavy (non-hydrogen) atoms. The fourth-order valence-electron chi connectivity index (χ4n) is 7.65. The molecule has 3 N–H and O–H groups in total. The third-order valence-corrected chi connectivity index (χ3v) is 11.0. The van der Waals surface area contributed by atoms with Crippen molar-refractivity contribution in [2.75, 3.05) is 45.9 Å². The second-order valence-electron chi connectivity index (χ2n) is 15.5. The Kier molecular flexibility index (Phi) is 15.3. The molecule has 2 heterocycles. The van der Waals surface area contributed by atoms with Gasteiger partial charge in [0.25, 0.3) is 0 Å². The Morgan fingerprint density at radius 1 is 0.941 bits per heavy atom. The Bertz CT molecular complexity index is 1280. The van der Waals surface area contributed by atoms with Crippen LogP contribution in [0.25, 0.3) is 0 Å². The summed E-state index contributed by atoms with van der Waals surface area (Å²) in [6.45, 7) is 10.5. The lowest BCUT2D eigenvalue weighted by Gasteiger charge is -2.40. The summed E-state index contributed by atoms with van der Waals surface area (Å²) in [5, 5.41) is 31.9. The molecular weight excluding hydrogens is 654 g/mol. The van der Waals surface area contributed by atoms with Gasteiger partial charge < -0.3 is 34.6 Å². The van der Waals surface area contributed by atoms with E-state index in [1.54, 1.807) is 50.0 Å². The van der Waals surface area contributed by atoms with Crippen LogP contribution in [0, 0.1) is 17.8 Å². The lowest BCUT2D eigenvalue weighted by molar-refractivity contribution is -0.140. The number of ketones is 2. The molecule has 0 bridgehead atoms. The molecule has 0 aromatic carbocycles. The van der Waals surface area contributed by atoms with Crippen LogP contribution in [0.4, 0.5) is 9.59 Å². The van der Waals surface area contributed by atoms with Gasteiger partial charge in [-0.25, -0.2) is 9.59 Å². The van der Waals surface area contributed by atoms with Crippen LogP contribution >= 0.6 is 0 Å². The molecule has 12 nitrogen and oxygen atoms in total. The lowest BCUT2D eigenvalue weighted by atomic mass is 9.79. The van der Waals surface area contributed by atoms with Crippen molar-refractivity contribution in [3.05, 3.63) is 36.0 Å². The van der Waals surface area contributed by atoms with Crippen LogP contribution in [0.3, 0.4) is 0 Å². The first-order valence-corrected chi connectivity index (χ1v) is 19.0. The Morgan fingerprint density at radius 3 is 2.27 bits per heavy atom. The number of piperazine rings is 1. The molecule has 286 valence electrons. The van der Waals surface area contributed by atoms with Gasteiger partial charge in [0, 0.05) is 57.6 Å². The van der Waals surface area contributed by atoms with E-state index in [1.807, 2.05) is 13.0 Å². The standard InChI is InChI=1S/C39H61N3O9/c1-27(26-50-37(47)42-19-17-32(44)25-42)10-9-11-28(2)35-29(3)14-15-34(39(4,49)18-16-31(43)24-33(45)36(35)46)51-38(48)41-22-20-40(21-23-41)30-12-7-5-6-8-13-30/h9-11,14-15,27,29-32,34-35,43-44,49H,5-8,12-13,16-26H2,1-4H3/b10-9+,15-14+,28-11+/t27-,29+,31+,32-,34+,35-,39+/m1/s1. The van der Waals surface area contributed by atoms with E-state index in [9.17, 15) is 34.5 Å². The minimum Gasteiger partial charge on any atom is -0.449 e. The number of carbonyl (C=O) groups is 4. The Hall–Kier alpha value is -3.06. The smallest absolute Gasteiger partial charge is 0.410 e. The van der Waals surface area contributed by atoms with Crippen molar-refractivity contribution >= 4 is 23.8 Å². The molecule has 0 aromatic heterocycles. The van der Waals surface area contributed by atoms with E-state index in [-0.39, 0.29) is 38.3 Å². The number of rotatable bonds is 7. The minimum atomic E-state index is -1.53. The second-order valence-corrected chi connectivity index (χ2v) is 15.5. The van der Waals surface area contributed by atoms with Crippen molar-refractivity contribution < 1.29 is 44.0 Å². The zero-order valence-corrected chi connectivity index (χ0v) is 31.1. The molecule has 7 atom stereocenters. The molecule has 0 unspecified atom stereocenters. The highest BCUT2D eigenvalue weighted by atomic mass is 16.6. The molecule has 0 aromatic rings. The Balaban J connectivity index is 1.42. The first-order chi connectivity index (χ1) is 24.2. The van der Waals surface area contributed by atoms with Crippen LogP contribution < -0.4 is 0 Å². The number of aliphatic hydroxyl groups excluding tert-OH is 2. The number of hydrogen-bond acceptors (Lipinski definition) is 10. The van der Waals surface area contributed by atoms with E-state index in [0.29, 0.717) is 37.7 Å². The van der Waals surface area contributed by atoms with Crippen LogP contribution in [0.5, 0.6) is 0 Å². The van der Waals surface area contributed by atoms with Gasteiger partial charge in [0.1, 0.15) is 5.60 Å². The lowest BCUT2D eigenvalue weighted by Crippen LogP contribution is -2.53. The maximum absolute atomic E-state index is 13.6. The number of aliphatic hydroxyl groups is 3. The topological polar surface area (TPSA) is 157 Å². The van der Waals surface area contributed by atoms with Crippen LogP contribution in [-0.2, 0) is 19.1 Å². The summed E-state index contributed by atoms with van der Waals surface area (Å²) in [5.41, 5.74) is -0.908. The number of allylic oxidation sites excluding steroid dienone is 4. The molecule has 3 fully saturated rings. The average molecular weight is 716 g/mol. The molecule has 2 saturated heterocycles. The van der Waals surface area contributed by atoms with E-state index in [4.69, 9.17) is 9.47 Å². The average Bonchev–Trinajstić information content (AvgIpc) is 3.35. The van der Waals surface area contributed by atoms with Crippen LogP contribution in [0.2, 0.25) is 0 Å². The number of β-amino-alcohol motifs (C(OH)–C–C–N with tert-alkyl or cyclic N) is 1. The highest BCUT2D eigenvalue weighted by molar-refractivity contribution is 6.38. The maximum Gasteiger partial charge on any atom is 0.410 e. The van der Waals surface area contributed by atoms with Crippen molar-refractivity contribution in [3.8, 4) is 0 Å². The van der Waals surface area contributed by atoms with Gasteiger partial charge in [-0.1, -0.05) is 69.4 Å². The number of likely N-dealkylation sites (tertiary alicyclic amines) is 1. The van der Waals surface area contributed by atoms with Gasteiger partial charge in [0.05, 0.1) is 24.7 Å². The Morgan fingerprint density at radius 2 is 1.63 bits per heavy atom. The highest BCUT2D eigenvalue weighted by Gasteiger charge is 2.38. The summed E-state index contributed by atoms with van der Waals surface area (Å²) >= 11 is 0. The van der Waals surface area contributed by atoms with Gasteiger partial charge in [0.15, 0.2) is 6.10 Å². The first kappa shape index (κ1) is 40.7. The molecule has 1 saturated carbocycles. The normalized spacial score (nSPS) is 32.6. The highest BCUT2D eigenvalue weighted by Crippen LogP contribution is 2.30. The van der Waals surface area contributed by atoms with Crippen molar-refractivity contribution in [2.24, 2.45) is 17.8 Å². The molecule has 12 heteroatoms. The number of carbonyl (C=O) groups excluding carboxylic acids is 4. The van der Waals surface area contributed by atoms with Crippen molar-refractivity contribution in [2.45, 2.75) is 122 Å². The molecule has 0 radical (unpaired) electrons. The van der Waals surface area contributed by atoms with Crippen molar-refractivity contribution in [3.63, 3.8) is 0 Å². The summed E-state index contributed by atoms with van der Waals surface area (Å²) in [4.78, 5) is 58.0. The third-order valence-electron chi connectivity index (χ3n) is 11.0. The third kappa shape index (κ3) is 12.0. The van der Waals surface area contributed by atoms with Gasteiger partial charge in [-0.3, -0.25) is 14.5 Å². The quantitative estimate of drug-likeness (QED) is 0.149. The van der Waals surface area contributed by atoms with E-state index in [2.05, 4.69) is 4.90 Å². The van der Waals surface area contributed by atoms with Gasteiger partial charge in [-0.05, 0) is 57.9 Å². The Labute approximate surface area is 303 Å². The van der Waals surface area contributed by atoms with Gasteiger partial charge in [-0.2, -0.15) is 0 Å². The fraction of sp³-hybridized carbons (Fsp3) is 0.744. The predicted octanol–water partition coefficient (Wildman–Crippen LogP) is 4.42. The number of hydrogen-bond donors (Lipinski definition) is 3. The molecular formula is C39H61N3O9. The summed E-state index contributed by atoms with van der Waals surface area (Å²) in [7, 11) is 0. The van der Waals surface area contributed by atoms with E-state index in [0.717, 1.165) is 13.1 Å². The van der Waals surface area contributed by atoms with E-state index in [1.165, 1.54) is 43.4 Å². The molecule has 0 spiro atoms. The van der Waals surface area contributed by atoms with Crippen molar-refractivity contribution in [1.29, 1.82) is 0 Å². The SMILES string of the molecule is C/C(=C\C=C\[C@@H](C)COC(=O)N1CC[C@@H](O)C1)[C@H]1C(=O)C(=O)C[C@@H](O)CC[C@](C)(O)[C@@H](OC(=O)N2CCN(C3CCCCCC3)CC2)/C=C/[C@@H]1C. The summed E-state index contributed by atoms with van der Waals surface area (Å²) < 4.78 is 11.4. The van der Waals surface area contributed by atoms with Gasteiger partial charge in [0.2, 0.25) is 11.6 Å². The van der Waals surface area contributed by atoms with E-state index < -0.39 is 59.5 Å². The largest absolute Gasteiger partial charge is 0.449 e. The van der Waals surface area contributed by atoms with Crippen LogP contribution in [0.1, 0.15) is 91.9 Å². The summed E-state index contributed by atoms with van der Waals surface area (Å²) in [6.07, 6.45) is 12.8. The number of Topliss-reactive ketones (excluding diaryl/α,β-unsaturated/α-hetero) is 2. The number of amides is 2. The molecule has 4 aliphatic rings. The molecule has 2 aliphatic heterocycles. The van der Waals surface area contributed by atoms with Crippen molar-refractivity contribution in [1.82, 2.24) is 14.7 Å². The number of ether oxygens (including phenoxy) is 2. The minimum absolute atomic E-state index is 0.0482. The predicted molar refractivity (Wildman–Crippen MR) is 193 cm³/mol. The van der Waals surface area contributed by atoms with Crippen LogP contribution in [-0.4, -0.2) is 130 Å². The van der Waals surface area contributed by atoms with Crippen LogP contribution in [0.15, 0.2) is 36.0 Å². The first-order valence-electron chi connectivity index (χ1n) is 19.0. The maximum atomic E-state index is 13.6. The van der Waals surface area contributed by atoms with Gasteiger partial charge in [-0.15, -0.1) is 0 Å². The fourth-order valence-corrected chi connectivity index (χ4v) is 7.65. The molecule has 2 aliphatic carbocycles. The molecule has 4 rings (SSSR count). The summed E-state index contributed by atoms with van der Waals surface area (Å²) in [6, 6.07) is 0.563. The zero-order valence-electron chi connectivity index (χ0n) is 31.1. The second kappa shape index (κ2) is 19.1. The number of nitrogens with zero attached hydrogens (tertiary/aromatic N) is 3. The summed E-state index contributed by atoms with van der Waals surface area (Å²) in [5.74, 6) is -2.78. The van der Waals surface area contributed by atoms with E-state index >= 15 is 0 Å². The molecule has 2 amide bonds. The zero-order chi connectivity index (χ0) is 37.1. The van der Waals surface area contributed by atoms with Gasteiger partial charge >= 0.3 is 12.2 Å².